The molecule has 1 aromatic carbocycles. The summed E-state index contributed by atoms with van der Waals surface area (Å²) in [5, 5.41) is 8.69. The average Bonchev–Trinajstić information content (AvgIpc) is 2.24. The molecule has 0 spiro atoms. The molecular formula is C12H10F3NO4. The lowest BCUT2D eigenvalue weighted by molar-refractivity contribution is -0.274. The first kappa shape index (κ1) is 14.2. The van der Waals surface area contributed by atoms with Crippen LogP contribution in [0, 0.1) is 5.92 Å². The third-order valence-electron chi connectivity index (χ3n) is 2.85. The summed E-state index contributed by atoms with van der Waals surface area (Å²) in [7, 11) is 0. The Labute approximate surface area is 111 Å². The van der Waals surface area contributed by atoms with Gasteiger partial charge in [-0.15, -0.1) is 13.2 Å². The van der Waals surface area contributed by atoms with E-state index >= 15 is 0 Å². The van der Waals surface area contributed by atoms with Crippen LogP contribution in [0.25, 0.3) is 0 Å². The average molecular weight is 289 g/mol. The Morgan fingerprint density at radius 2 is 1.75 bits per heavy atom. The topological polar surface area (TPSA) is 66.8 Å². The highest BCUT2D eigenvalue weighted by molar-refractivity contribution is 5.95. The highest BCUT2D eigenvalue weighted by Gasteiger charge is 2.36. The standard InChI is InChI=1S/C12H10F3NO4/c13-12(14,15)20-9-3-1-7(2-4-9)10(17)16-5-8(6-16)11(18)19/h1-4,8H,5-6H2,(H,18,19). The molecule has 5 nitrogen and oxygen atoms in total. The fourth-order valence-electron chi connectivity index (χ4n) is 1.78. The van der Waals surface area contributed by atoms with Crippen LogP contribution in [0.2, 0.25) is 0 Å². The highest BCUT2D eigenvalue weighted by Crippen LogP contribution is 2.24. The van der Waals surface area contributed by atoms with E-state index in [1.54, 1.807) is 0 Å². The van der Waals surface area contributed by atoms with E-state index in [0.717, 1.165) is 12.1 Å². The van der Waals surface area contributed by atoms with Gasteiger partial charge in [0.1, 0.15) is 5.75 Å². The van der Waals surface area contributed by atoms with Gasteiger partial charge in [0.2, 0.25) is 0 Å². The summed E-state index contributed by atoms with van der Waals surface area (Å²) in [5.74, 6) is -2.38. The third kappa shape index (κ3) is 3.19. The molecule has 0 aromatic heterocycles. The highest BCUT2D eigenvalue weighted by atomic mass is 19.4. The minimum absolute atomic E-state index is 0.106. The number of alkyl halides is 3. The van der Waals surface area contributed by atoms with E-state index < -0.39 is 29.9 Å². The smallest absolute Gasteiger partial charge is 0.481 e. The Balaban J connectivity index is 1.97. The van der Waals surface area contributed by atoms with Gasteiger partial charge in [0, 0.05) is 18.7 Å². The zero-order valence-electron chi connectivity index (χ0n) is 10.1. The van der Waals surface area contributed by atoms with Crippen molar-refractivity contribution in [2.75, 3.05) is 13.1 Å². The number of hydrogen-bond acceptors (Lipinski definition) is 3. The summed E-state index contributed by atoms with van der Waals surface area (Å²) < 4.78 is 39.6. The van der Waals surface area contributed by atoms with E-state index in [-0.39, 0.29) is 18.7 Å². The number of carbonyl (C=O) groups is 2. The Morgan fingerprint density at radius 3 is 2.20 bits per heavy atom. The molecule has 8 heteroatoms. The van der Waals surface area contributed by atoms with Crippen molar-refractivity contribution in [3.63, 3.8) is 0 Å². The lowest BCUT2D eigenvalue weighted by Crippen LogP contribution is -2.53. The number of carboxylic acids is 1. The molecule has 0 saturated carbocycles. The van der Waals surface area contributed by atoms with Crippen LogP contribution in [0.15, 0.2) is 24.3 Å². The predicted molar refractivity (Wildman–Crippen MR) is 60.2 cm³/mol. The summed E-state index contributed by atoms with van der Waals surface area (Å²) in [5.41, 5.74) is 0.184. The number of ether oxygens (including phenoxy) is 1. The maximum absolute atomic E-state index is 12.0. The zero-order chi connectivity index (χ0) is 14.9. The zero-order valence-corrected chi connectivity index (χ0v) is 10.1. The van der Waals surface area contributed by atoms with E-state index in [9.17, 15) is 22.8 Å². The second kappa shape index (κ2) is 5.03. The normalized spacial score (nSPS) is 15.7. The number of halogens is 3. The summed E-state index contributed by atoms with van der Waals surface area (Å²) >= 11 is 0. The van der Waals surface area contributed by atoms with Gasteiger partial charge in [0.05, 0.1) is 5.92 Å². The van der Waals surface area contributed by atoms with Crippen molar-refractivity contribution in [1.82, 2.24) is 4.90 Å². The first-order chi connectivity index (χ1) is 9.26. The molecular weight excluding hydrogens is 279 g/mol. The van der Waals surface area contributed by atoms with Crippen LogP contribution >= 0.6 is 0 Å². The van der Waals surface area contributed by atoms with Gasteiger partial charge in [-0.3, -0.25) is 9.59 Å². The van der Waals surface area contributed by atoms with Gasteiger partial charge in [-0.2, -0.15) is 0 Å². The van der Waals surface area contributed by atoms with Crippen molar-refractivity contribution in [3.8, 4) is 5.75 Å². The molecule has 0 bridgehead atoms. The molecule has 1 aliphatic rings. The molecule has 0 unspecified atom stereocenters. The molecule has 0 aliphatic carbocycles. The summed E-state index contributed by atoms with van der Waals surface area (Å²) in [6.07, 6.45) is -4.78. The monoisotopic (exact) mass is 289 g/mol. The number of benzene rings is 1. The number of aliphatic carboxylic acids is 1. The van der Waals surface area contributed by atoms with Gasteiger partial charge in [-0.1, -0.05) is 0 Å². The second-order valence-electron chi connectivity index (χ2n) is 4.32. The van der Waals surface area contributed by atoms with E-state index in [1.165, 1.54) is 17.0 Å². The number of carbonyl (C=O) groups excluding carboxylic acids is 1. The molecule has 1 aliphatic heterocycles. The maximum atomic E-state index is 12.0. The van der Waals surface area contributed by atoms with Crippen LogP contribution in [0.1, 0.15) is 10.4 Å². The summed E-state index contributed by atoms with van der Waals surface area (Å²) in [6.45, 7) is 0.212. The number of likely N-dealkylation sites (tertiary alicyclic amines) is 1. The van der Waals surface area contributed by atoms with E-state index in [0.29, 0.717) is 0 Å². The number of hydrogen-bond donors (Lipinski definition) is 1. The molecule has 108 valence electrons. The van der Waals surface area contributed by atoms with Gasteiger partial charge in [0.25, 0.3) is 5.91 Å². The third-order valence-corrected chi connectivity index (χ3v) is 2.85. The van der Waals surface area contributed by atoms with Crippen molar-refractivity contribution < 1.29 is 32.6 Å². The number of amides is 1. The predicted octanol–water partition coefficient (Wildman–Crippen LogP) is 1.74. The minimum Gasteiger partial charge on any atom is -0.481 e. The van der Waals surface area contributed by atoms with Crippen molar-refractivity contribution in [2.45, 2.75) is 6.36 Å². The van der Waals surface area contributed by atoms with Crippen LogP contribution in [-0.2, 0) is 4.79 Å². The fraction of sp³-hybridized carbons (Fsp3) is 0.333. The Kier molecular flexibility index (Phi) is 3.56. The Bertz CT molecular complexity index is 520. The van der Waals surface area contributed by atoms with E-state index in [4.69, 9.17) is 5.11 Å². The molecule has 2 rings (SSSR count). The second-order valence-corrected chi connectivity index (χ2v) is 4.32. The molecule has 1 heterocycles. The van der Waals surface area contributed by atoms with Crippen LogP contribution in [0.3, 0.4) is 0 Å². The Hall–Kier alpha value is -2.25. The first-order valence-electron chi connectivity index (χ1n) is 5.64. The van der Waals surface area contributed by atoms with E-state index in [1.807, 2.05) is 0 Å². The molecule has 1 saturated heterocycles. The van der Waals surface area contributed by atoms with Gasteiger partial charge in [-0.05, 0) is 24.3 Å². The van der Waals surface area contributed by atoms with Gasteiger partial charge in [-0.25, -0.2) is 0 Å². The number of rotatable bonds is 3. The van der Waals surface area contributed by atoms with Crippen molar-refractivity contribution in [3.05, 3.63) is 29.8 Å². The van der Waals surface area contributed by atoms with Gasteiger partial charge >= 0.3 is 12.3 Å². The van der Waals surface area contributed by atoms with Crippen LogP contribution in [0.5, 0.6) is 5.75 Å². The van der Waals surface area contributed by atoms with Crippen molar-refractivity contribution >= 4 is 11.9 Å². The van der Waals surface area contributed by atoms with Gasteiger partial charge in [0.15, 0.2) is 0 Å². The van der Waals surface area contributed by atoms with Gasteiger partial charge < -0.3 is 14.7 Å². The molecule has 20 heavy (non-hydrogen) atoms. The molecule has 1 aromatic rings. The molecule has 0 atom stereocenters. The quantitative estimate of drug-likeness (QED) is 0.920. The van der Waals surface area contributed by atoms with Crippen molar-refractivity contribution in [2.24, 2.45) is 5.92 Å². The molecule has 0 radical (unpaired) electrons. The van der Waals surface area contributed by atoms with E-state index in [2.05, 4.69) is 4.74 Å². The SMILES string of the molecule is O=C(O)C1CN(C(=O)c2ccc(OC(F)(F)F)cc2)C1. The number of carboxylic acid groups (broad SMARTS) is 1. The summed E-state index contributed by atoms with van der Waals surface area (Å²) in [4.78, 5) is 23.8. The first-order valence-corrected chi connectivity index (χ1v) is 5.64. The lowest BCUT2D eigenvalue weighted by atomic mass is 9.99. The molecule has 1 amide bonds. The molecule has 1 N–H and O–H groups in total. The minimum atomic E-state index is -4.78. The Morgan fingerprint density at radius 1 is 1.20 bits per heavy atom. The van der Waals surface area contributed by atoms with Crippen molar-refractivity contribution in [1.29, 1.82) is 0 Å². The van der Waals surface area contributed by atoms with Crippen LogP contribution in [0.4, 0.5) is 13.2 Å². The number of nitrogens with zero attached hydrogens (tertiary/aromatic N) is 1. The summed E-state index contributed by atoms with van der Waals surface area (Å²) in [6, 6.07) is 4.49. The lowest BCUT2D eigenvalue weighted by Gasteiger charge is -2.36. The van der Waals surface area contributed by atoms with Crippen LogP contribution < -0.4 is 4.74 Å². The maximum Gasteiger partial charge on any atom is 0.573 e. The van der Waals surface area contributed by atoms with Crippen LogP contribution in [-0.4, -0.2) is 41.3 Å². The molecule has 1 fully saturated rings. The largest absolute Gasteiger partial charge is 0.573 e. The fourth-order valence-corrected chi connectivity index (χ4v) is 1.78.